The Morgan fingerprint density at radius 1 is 1.07 bits per heavy atom. The lowest BCUT2D eigenvalue weighted by Crippen LogP contribution is -2.39. The Balaban J connectivity index is 1.55. The second kappa shape index (κ2) is 8.15. The summed E-state index contributed by atoms with van der Waals surface area (Å²) in [7, 11) is 1.71. The zero-order valence-corrected chi connectivity index (χ0v) is 16.2. The van der Waals surface area contributed by atoms with Crippen molar-refractivity contribution < 1.29 is 9.18 Å². The van der Waals surface area contributed by atoms with Gasteiger partial charge in [-0.05, 0) is 61.1 Å². The molecule has 4 rings (SSSR count). The fourth-order valence-corrected chi connectivity index (χ4v) is 4.14. The third kappa shape index (κ3) is 3.94. The van der Waals surface area contributed by atoms with Gasteiger partial charge in [0.1, 0.15) is 5.82 Å². The number of hydrogen-bond donors (Lipinski definition) is 1. The Labute approximate surface area is 165 Å². The van der Waals surface area contributed by atoms with E-state index in [2.05, 4.69) is 45.1 Å². The molecule has 0 bridgehead atoms. The number of benzene rings is 2. The maximum atomic E-state index is 13.3. The van der Waals surface area contributed by atoms with Gasteiger partial charge in [-0.1, -0.05) is 30.3 Å². The summed E-state index contributed by atoms with van der Waals surface area (Å²) in [6.45, 7) is 3.43. The number of nitrogens with one attached hydrogen (secondary N) is 1. The van der Waals surface area contributed by atoms with Crippen molar-refractivity contribution in [3.63, 3.8) is 0 Å². The lowest BCUT2D eigenvalue weighted by molar-refractivity contribution is -0.125. The van der Waals surface area contributed by atoms with E-state index in [0.717, 1.165) is 44.6 Å². The van der Waals surface area contributed by atoms with Gasteiger partial charge >= 0.3 is 0 Å². The number of likely N-dealkylation sites (tertiary alicyclic amines) is 1. The number of halogens is 1. The average Bonchev–Trinajstić information content (AvgIpc) is 3.06. The fraction of sp³-hybridized carbons (Fsp3) is 0.348. The number of hydrogen-bond acceptors (Lipinski definition) is 2. The molecule has 5 heteroatoms. The number of rotatable bonds is 5. The maximum absolute atomic E-state index is 13.3. The minimum atomic E-state index is -0.208. The molecule has 0 spiro atoms. The van der Waals surface area contributed by atoms with Crippen molar-refractivity contribution in [1.82, 2.24) is 14.8 Å². The number of carbonyl (C=O) groups is 1. The SMILES string of the molecule is CNC(=O)C1CCN(Cc2cc3ccccc3n2Cc2ccc(F)cc2)CC1. The van der Waals surface area contributed by atoms with E-state index in [-0.39, 0.29) is 17.6 Å². The van der Waals surface area contributed by atoms with Gasteiger partial charge in [0.2, 0.25) is 5.91 Å². The Bertz CT molecular complexity index is 956. The minimum Gasteiger partial charge on any atom is -0.359 e. The van der Waals surface area contributed by atoms with E-state index in [4.69, 9.17) is 0 Å². The van der Waals surface area contributed by atoms with Crippen LogP contribution in [0.15, 0.2) is 54.6 Å². The summed E-state index contributed by atoms with van der Waals surface area (Å²) >= 11 is 0. The maximum Gasteiger partial charge on any atom is 0.222 e. The van der Waals surface area contributed by atoms with Crippen LogP contribution >= 0.6 is 0 Å². The quantitative estimate of drug-likeness (QED) is 0.732. The van der Waals surface area contributed by atoms with Gasteiger partial charge in [0.15, 0.2) is 0 Å². The molecule has 4 nitrogen and oxygen atoms in total. The van der Waals surface area contributed by atoms with Gasteiger partial charge in [-0.15, -0.1) is 0 Å². The lowest BCUT2D eigenvalue weighted by Gasteiger charge is -2.31. The topological polar surface area (TPSA) is 37.3 Å². The van der Waals surface area contributed by atoms with Gasteiger partial charge in [-0.3, -0.25) is 9.69 Å². The molecule has 1 amide bonds. The number of para-hydroxylation sites is 1. The first kappa shape index (κ1) is 18.7. The standard InChI is InChI=1S/C23H26FN3O/c1-25-23(28)18-10-12-26(13-11-18)16-21-14-19-4-2-3-5-22(19)27(21)15-17-6-8-20(24)9-7-17/h2-9,14,18H,10-13,15-16H2,1H3,(H,25,28). The fourth-order valence-electron chi connectivity index (χ4n) is 4.14. The second-order valence-corrected chi connectivity index (χ2v) is 7.57. The number of piperidine rings is 1. The van der Waals surface area contributed by atoms with E-state index < -0.39 is 0 Å². The highest BCUT2D eigenvalue weighted by Crippen LogP contribution is 2.25. The summed E-state index contributed by atoms with van der Waals surface area (Å²) < 4.78 is 15.6. The molecule has 2 aromatic carbocycles. The molecular formula is C23H26FN3O. The zero-order valence-electron chi connectivity index (χ0n) is 16.2. The van der Waals surface area contributed by atoms with Crippen LogP contribution in [-0.2, 0) is 17.9 Å². The zero-order chi connectivity index (χ0) is 19.5. The molecule has 146 valence electrons. The number of carbonyl (C=O) groups excluding carboxylic acids is 1. The van der Waals surface area contributed by atoms with E-state index in [1.807, 2.05) is 12.1 Å². The minimum absolute atomic E-state index is 0.131. The predicted molar refractivity (Wildman–Crippen MR) is 110 cm³/mol. The molecular weight excluding hydrogens is 353 g/mol. The molecule has 2 heterocycles. The molecule has 28 heavy (non-hydrogen) atoms. The van der Waals surface area contributed by atoms with Crippen LogP contribution in [0.25, 0.3) is 10.9 Å². The van der Waals surface area contributed by atoms with Crippen molar-refractivity contribution in [2.75, 3.05) is 20.1 Å². The van der Waals surface area contributed by atoms with Crippen LogP contribution in [0.3, 0.4) is 0 Å². The monoisotopic (exact) mass is 379 g/mol. The van der Waals surface area contributed by atoms with E-state index in [1.54, 1.807) is 7.05 Å². The first-order chi connectivity index (χ1) is 13.6. The lowest BCUT2D eigenvalue weighted by atomic mass is 9.96. The van der Waals surface area contributed by atoms with Crippen LogP contribution in [0.5, 0.6) is 0 Å². The molecule has 1 fully saturated rings. The predicted octanol–water partition coefficient (Wildman–Crippen LogP) is 3.79. The average molecular weight is 379 g/mol. The molecule has 1 N–H and O–H groups in total. The van der Waals surface area contributed by atoms with Crippen molar-refractivity contribution in [2.24, 2.45) is 5.92 Å². The normalized spacial score (nSPS) is 15.8. The Kier molecular flexibility index (Phi) is 5.44. The summed E-state index contributed by atoms with van der Waals surface area (Å²) in [6, 6.07) is 17.4. The Morgan fingerprint density at radius 2 is 1.79 bits per heavy atom. The third-order valence-corrected chi connectivity index (χ3v) is 5.74. The van der Waals surface area contributed by atoms with Gasteiger partial charge in [0, 0.05) is 37.3 Å². The molecule has 0 atom stereocenters. The summed E-state index contributed by atoms with van der Waals surface area (Å²) in [5.41, 5.74) is 3.54. The van der Waals surface area contributed by atoms with Crippen LogP contribution in [0.1, 0.15) is 24.1 Å². The van der Waals surface area contributed by atoms with E-state index in [0.29, 0.717) is 0 Å². The summed E-state index contributed by atoms with van der Waals surface area (Å²) in [5, 5.41) is 3.99. The van der Waals surface area contributed by atoms with Gasteiger partial charge < -0.3 is 9.88 Å². The van der Waals surface area contributed by atoms with Crippen LogP contribution in [0.4, 0.5) is 4.39 Å². The van der Waals surface area contributed by atoms with E-state index >= 15 is 0 Å². The van der Waals surface area contributed by atoms with Gasteiger partial charge in [-0.25, -0.2) is 4.39 Å². The molecule has 1 saturated heterocycles. The van der Waals surface area contributed by atoms with Gasteiger partial charge in [0.25, 0.3) is 0 Å². The first-order valence-corrected chi connectivity index (χ1v) is 9.89. The van der Waals surface area contributed by atoms with Crippen molar-refractivity contribution in [3.05, 3.63) is 71.7 Å². The Morgan fingerprint density at radius 3 is 2.50 bits per heavy atom. The van der Waals surface area contributed by atoms with Gasteiger partial charge in [-0.2, -0.15) is 0 Å². The molecule has 0 radical (unpaired) electrons. The smallest absolute Gasteiger partial charge is 0.222 e. The largest absolute Gasteiger partial charge is 0.359 e. The molecule has 3 aromatic rings. The summed E-state index contributed by atoms with van der Waals surface area (Å²) in [6.07, 6.45) is 1.80. The second-order valence-electron chi connectivity index (χ2n) is 7.57. The van der Waals surface area contributed by atoms with Gasteiger partial charge in [0.05, 0.1) is 0 Å². The molecule has 1 aliphatic heterocycles. The number of aromatic nitrogens is 1. The van der Waals surface area contributed by atoms with Crippen molar-refractivity contribution in [3.8, 4) is 0 Å². The van der Waals surface area contributed by atoms with Crippen LogP contribution < -0.4 is 5.32 Å². The number of amides is 1. The molecule has 0 unspecified atom stereocenters. The van der Waals surface area contributed by atoms with E-state index in [1.165, 1.54) is 28.7 Å². The van der Waals surface area contributed by atoms with E-state index in [9.17, 15) is 9.18 Å². The molecule has 0 saturated carbocycles. The molecule has 1 aromatic heterocycles. The number of nitrogens with zero attached hydrogens (tertiary/aromatic N) is 2. The van der Waals surface area contributed by atoms with Crippen molar-refractivity contribution in [1.29, 1.82) is 0 Å². The first-order valence-electron chi connectivity index (χ1n) is 9.89. The van der Waals surface area contributed by atoms with Crippen LogP contribution in [0.2, 0.25) is 0 Å². The summed E-state index contributed by atoms with van der Waals surface area (Å²) in [4.78, 5) is 14.3. The third-order valence-electron chi connectivity index (χ3n) is 5.74. The van der Waals surface area contributed by atoms with Crippen LogP contribution in [0, 0.1) is 11.7 Å². The summed E-state index contributed by atoms with van der Waals surface area (Å²) in [5.74, 6) is 0.0803. The number of fused-ring (bicyclic) bond motifs is 1. The van der Waals surface area contributed by atoms with Crippen LogP contribution in [-0.4, -0.2) is 35.5 Å². The van der Waals surface area contributed by atoms with Crippen molar-refractivity contribution in [2.45, 2.75) is 25.9 Å². The molecule has 1 aliphatic rings. The molecule has 0 aliphatic carbocycles. The highest BCUT2D eigenvalue weighted by Gasteiger charge is 2.25. The highest BCUT2D eigenvalue weighted by atomic mass is 19.1. The van der Waals surface area contributed by atoms with Crippen molar-refractivity contribution >= 4 is 16.8 Å². The highest BCUT2D eigenvalue weighted by molar-refractivity contribution is 5.81. The Hall–Kier alpha value is -2.66.